The molecule has 1 aliphatic heterocycles. The Bertz CT molecular complexity index is 886. The molecule has 0 radical (unpaired) electrons. The maximum absolute atomic E-state index is 13.2. The number of anilines is 1. The highest BCUT2D eigenvalue weighted by Crippen LogP contribution is 2.32. The van der Waals surface area contributed by atoms with E-state index in [9.17, 15) is 5.21 Å². The van der Waals surface area contributed by atoms with Gasteiger partial charge in [-0.25, -0.2) is 0 Å². The summed E-state index contributed by atoms with van der Waals surface area (Å²) in [5.74, 6) is 0. The van der Waals surface area contributed by atoms with Crippen molar-refractivity contribution in [2.24, 2.45) is 0 Å². The highest BCUT2D eigenvalue weighted by molar-refractivity contribution is 6.01. The van der Waals surface area contributed by atoms with Gasteiger partial charge in [-0.15, -0.1) is 0 Å². The molecule has 1 aliphatic rings. The summed E-state index contributed by atoms with van der Waals surface area (Å²) in [5.41, 5.74) is 5.04. The SMILES string of the molecule is Cc1ccc(C2=[N+]([O-])C(c3ccccc3)N(c3ccccc3)C2)cc1. The van der Waals surface area contributed by atoms with Gasteiger partial charge in [0.2, 0.25) is 5.71 Å². The molecule has 4 rings (SSSR count). The summed E-state index contributed by atoms with van der Waals surface area (Å²) >= 11 is 0. The molecule has 3 aromatic carbocycles. The lowest BCUT2D eigenvalue weighted by atomic mass is 10.1. The van der Waals surface area contributed by atoms with Crippen molar-refractivity contribution in [3.8, 4) is 0 Å². The summed E-state index contributed by atoms with van der Waals surface area (Å²) in [4.78, 5) is 2.16. The topological polar surface area (TPSA) is 29.3 Å². The van der Waals surface area contributed by atoms with Crippen LogP contribution in [0, 0.1) is 12.1 Å². The summed E-state index contributed by atoms with van der Waals surface area (Å²) in [7, 11) is 0. The molecule has 0 spiro atoms. The highest BCUT2D eigenvalue weighted by Gasteiger charge is 2.38. The second kappa shape index (κ2) is 6.44. The van der Waals surface area contributed by atoms with Gasteiger partial charge in [0, 0.05) is 16.8 Å². The van der Waals surface area contributed by atoms with Crippen LogP contribution >= 0.6 is 0 Å². The molecule has 3 heteroatoms. The van der Waals surface area contributed by atoms with Gasteiger partial charge in [0.1, 0.15) is 6.54 Å². The minimum absolute atomic E-state index is 0.347. The predicted molar refractivity (Wildman–Crippen MR) is 102 cm³/mol. The number of hydrogen-bond acceptors (Lipinski definition) is 2. The van der Waals surface area contributed by atoms with Gasteiger partial charge in [-0.2, -0.15) is 4.74 Å². The second-order valence-electron chi connectivity index (χ2n) is 6.39. The van der Waals surface area contributed by atoms with E-state index in [1.165, 1.54) is 5.56 Å². The largest absolute Gasteiger partial charge is 0.622 e. The van der Waals surface area contributed by atoms with E-state index >= 15 is 0 Å². The molecular formula is C22H20N2O. The third-order valence-corrected chi connectivity index (χ3v) is 4.67. The van der Waals surface area contributed by atoms with Crippen molar-refractivity contribution in [3.63, 3.8) is 0 Å². The number of para-hydroxylation sites is 1. The molecule has 0 fully saturated rings. The lowest BCUT2D eigenvalue weighted by Crippen LogP contribution is -2.28. The molecule has 0 saturated carbocycles. The molecule has 3 aromatic rings. The third-order valence-electron chi connectivity index (χ3n) is 4.67. The summed E-state index contributed by atoms with van der Waals surface area (Å²) < 4.78 is 1.16. The van der Waals surface area contributed by atoms with Crippen molar-refractivity contribution in [2.75, 3.05) is 11.4 Å². The van der Waals surface area contributed by atoms with Gasteiger partial charge in [-0.1, -0.05) is 66.2 Å². The molecule has 0 aliphatic carbocycles. The fraction of sp³-hybridized carbons (Fsp3) is 0.136. The molecule has 124 valence electrons. The van der Waals surface area contributed by atoms with Crippen LogP contribution in [-0.2, 0) is 0 Å². The first-order chi connectivity index (χ1) is 12.2. The van der Waals surface area contributed by atoms with Crippen LogP contribution in [0.25, 0.3) is 0 Å². The third kappa shape index (κ3) is 2.89. The van der Waals surface area contributed by atoms with Gasteiger partial charge in [0.05, 0.1) is 0 Å². The lowest BCUT2D eigenvalue weighted by molar-refractivity contribution is -0.497. The van der Waals surface area contributed by atoms with Gasteiger partial charge in [-0.3, -0.25) is 4.90 Å². The number of benzene rings is 3. The quantitative estimate of drug-likeness (QED) is 0.523. The Morgan fingerprint density at radius 2 is 1.44 bits per heavy atom. The summed E-state index contributed by atoms with van der Waals surface area (Å²) in [6.45, 7) is 2.65. The standard InChI is InChI=1S/C22H20N2O/c1-17-12-14-18(15-13-17)21-16-23(20-10-6-3-7-11-20)22(24(21)25)19-8-4-2-5-9-19/h2-15,22H,16H2,1H3. The summed E-state index contributed by atoms with van der Waals surface area (Å²) in [6.07, 6.45) is -0.347. The van der Waals surface area contributed by atoms with E-state index in [2.05, 4.69) is 36.1 Å². The molecule has 25 heavy (non-hydrogen) atoms. The monoisotopic (exact) mass is 328 g/mol. The smallest absolute Gasteiger partial charge is 0.266 e. The van der Waals surface area contributed by atoms with Crippen LogP contribution in [0.1, 0.15) is 22.9 Å². The van der Waals surface area contributed by atoms with Crippen LogP contribution in [-0.4, -0.2) is 17.0 Å². The van der Waals surface area contributed by atoms with Crippen molar-refractivity contribution >= 4 is 11.4 Å². The first kappa shape index (κ1) is 15.5. The van der Waals surface area contributed by atoms with E-state index < -0.39 is 0 Å². The zero-order valence-electron chi connectivity index (χ0n) is 14.2. The maximum Gasteiger partial charge on any atom is 0.266 e. The zero-order chi connectivity index (χ0) is 17.2. The fourth-order valence-electron chi connectivity index (χ4n) is 3.35. The average Bonchev–Trinajstić information content (AvgIpc) is 3.01. The lowest BCUT2D eigenvalue weighted by Gasteiger charge is -2.24. The Hall–Kier alpha value is -3.07. The van der Waals surface area contributed by atoms with E-state index in [1.54, 1.807) is 0 Å². The number of rotatable bonds is 3. The molecule has 0 amide bonds. The number of hydroxylamine groups is 1. The average molecular weight is 328 g/mol. The van der Waals surface area contributed by atoms with E-state index in [0.717, 1.165) is 27.3 Å². The Balaban J connectivity index is 1.81. The van der Waals surface area contributed by atoms with Crippen LogP contribution in [0.3, 0.4) is 0 Å². The Morgan fingerprint density at radius 1 is 0.840 bits per heavy atom. The summed E-state index contributed by atoms with van der Waals surface area (Å²) in [5, 5.41) is 13.2. The van der Waals surface area contributed by atoms with Gasteiger partial charge in [-0.05, 0) is 31.2 Å². The van der Waals surface area contributed by atoms with Gasteiger partial charge < -0.3 is 5.21 Å². The first-order valence-electron chi connectivity index (χ1n) is 8.50. The molecule has 1 atom stereocenters. The normalized spacial score (nSPS) is 17.2. The second-order valence-corrected chi connectivity index (χ2v) is 6.39. The minimum Gasteiger partial charge on any atom is -0.622 e. The van der Waals surface area contributed by atoms with E-state index in [1.807, 2.05) is 60.7 Å². The Morgan fingerprint density at radius 3 is 2.08 bits per heavy atom. The molecule has 3 nitrogen and oxygen atoms in total. The van der Waals surface area contributed by atoms with Gasteiger partial charge >= 0.3 is 0 Å². The van der Waals surface area contributed by atoms with E-state index in [4.69, 9.17) is 0 Å². The van der Waals surface area contributed by atoms with E-state index in [0.29, 0.717) is 6.54 Å². The minimum atomic E-state index is -0.347. The van der Waals surface area contributed by atoms with Crippen LogP contribution in [0.2, 0.25) is 0 Å². The molecule has 0 aromatic heterocycles. The van der Waals surface area contributed by atoms with Crippen molar-refractivity contribution in [1.29, 1.82) is 0 Å². The van der Waals surface area contributed by atoms with Crippen molar-refractivity contribution in [2.45, 2.75) is 13.1 Å². The molecule has 0 saturated heterocycles. The molecule has 0 N–H and O–H groups in total. The van der Waals surface area contributed by atoms with Crippen molar-refractivity contribution < 1.29 is 4.74 Å². The van der Waals surface area contributed by atoms with E-state index in [-0.39, 0.29) is 6.17 Å². The molecule has 1 heterocycles. The van der Waals surface area contributed by atoms with Gasteiger partial charge in [0.15, 0.2) is 0 Å². The Kier molecular flexibility index (Phi) is 3.98. The van der Waals surface area contributed by atoms with Gasteiger partial charge in [0.25, 0.3) is 6.17 Å². The molecule has 1 unspecified atom stereocenters. The molecule has 0 bridgehead atoms. The fourth-order valence-corrected chi connectivity index (χ4v) is 3.35. The zero-order valence-corrected chi connectivity index (χ0v) is 14.2. The van der Waals surface area contributed by atoms with Crippen LogP contribution in [0.5, 0.6) is 0 Å². The number of nitrogens with zero attached hydrogens (tertiary/aromatic N) is 2. The number of hydrogen-bond donors (Lipinski definition) is 0. The Labute approximate surface area is 148 Å². The summed E-state index contributed by atoms with van der Waals surface area (Å²) in [6, 6.07) is 28.3. The first-order valence-corrected chi connectivity index (χ1v) is 8.50. The van der Waals surface area contributed by atoms with Crippen LogP contribution < -0.4 is 4.90 Å². The maximum atomic E-state index is 13.2. The van der Waals surface area contributed by atoms with Crippen molar-refractivity contribution in [3.05, 3.63) is 107 Å². The van der Waals surface area contributed by atoms with Crippen LogP contribution in [0.4, 0.5) is 5.69 Å². The van der Waals surface area contributed by atoms with Crippen molar-refractivity contribution in [1.82, 2.24) is 0 Å². The highest BCUT2D eigenvalue weighted by atomic mass is 16.5. The van der Waals surface area contributed by atoms with Crippen LogP contribution in [0.15, 0.2) is 84.9 Å². The molecular weight excluding hydrogens is 308 g/mol. The predicted octanol–water partition coefficient (Wildman–Crippen LogP) is 4.51. The number of aryl methyl sites for hydroxylation is 1.